The van der Waals surface area contributed by atoms with Gasteiger partial charge in [-0.05, 0) is 105 Å². The molecule has 0 aromatic carbocycles. The Balaban J connectivity index is 2.17. The zero-order valence-electron chi connectivity index (χ0n) is 26.5. The summed E-state index contributed by atoms with van der Waals surface area (Å²) in [5.41, 5.74) is -1.37. The second-order valence-corrected chi connectivity index (χ2v) is 15.9. The lowest BCUT2D eigenvalue weighted by molar-refractivity contribution is -0.165. The van der Waals surface area contributed by atoms with Gasteiger partial charge < -0.3 is 9.84 Å². The fourth-order valence-corrected chi connectivity index (χ4v) is 9.26. The quantitative estimate of drug-likeness (QED) is 0.367. The SMILES string of the molecule is COC(=O)[C@@]1(C)CCC(C)(C)CCC[C@](C)([C@]2(C)CC[C@H]3C(C)(C)C(=O)C(C#N)=C[C@]3(C)[C@H]2C[C@H](C)O)CC1. The number of Topliss-reactive ketones (excluding diaryl/α,β-unsaturated/α-hetero) is 1. The van der Waals surface area contributed by atoms with Crippen LogP contribution in [0.15, 0.2) is 11.6 Å². The molecule has 5 nitrogen and oxygen atoms in total. The maximum atomic E-state index is 13.3. The molecule has 2 saturated carbocycles. The number of hydrogen-bond donors (Lipinski definition) is 1. The van der Waals surface area contributed by atoms with Gasteiger partial charge in [0, 0.05) is 5.41 Å². The number of ether oxygens (including phenoxy) is 1. The van der Waals surface area contributed by atoms with Gasteiger partial charge in [-0.25, -0.2) is 0 Å². The third-order valence-electron chi connectivity index (χ3n) is 12.3. The monoisotopic (exact) mass is 541 g/mol. The van der Waals surface area contributed by atoms with Crippen LogP contribution in [0.1, 0.15) is 127 Å². The number of carbonyl (C=O) groups excluding carboxylic acids is 2. The van der Waals surface area contributed by atoms with Crippen molar-refractivity contribution in [3.8, 4) is 6.07 Å². The van der Waals surface area contributed by atoms with Crippen molar-refractivity contribution in [2.75, 3.05) is 7.11 Å². The summed E-state index contributed by atoms with van der Waals surface area (Å²) in [7, 11) is 1.50. The predicted molar refractivity (Wildman–Crippen MR) is 156 cm³/mol. The Kier molecular flexibility index (Phi) is 8.68. The maximum absolute atomic E-state index is 13.3. The molecule has 2 fully saturated rings. The first-order valence-corrected chi connectivity index (χ1v) is 15.3. The third-order valence-corrected chi connectivity index (χ3v) is 12.3. The molecule has 0 spiro atoms. The van der Waals surface area contributed by atoms with Gasteiger partial charge >= 0.3 is 5.97 Å². The molecule has 0 saturated heterocycles. The number of aliphatic hydroxyl groups is 1. The van der Waals surface area contributed by atoms with E-state index < -0.39 is 22.3 Å². The molecule has 0 unspecified atom stereocenters. The lowest BCUT2D eigenvalue weighted by atomic mass is 9.38. The molecule has 0 heterocycles. The van der Waals surface area contributed by atoms with Crippen LogP contribution < -0.4 is 0 Å². The molecular formula is C34H55NO4. The van der Waals surface area contributed by atoms with Crippen molar-refractivity contribution in [3.63, 3.8) is 0 Å². The van der Waals surface area contributed by atoms with Gasteiger partial charge in [0.1, 0.15) is 6.07 Å². The fraction of sp³-hybridized carbons (Fsp3) is 0.853. The molecule has 3 aliphatic carbocycles. The average Bonchev–Trinajstić information content (AvgIpc) is 2.85. The number of methoxy groups -OCH3 is 1. The number of esters is 1. The van der Waals surface area contributed by atoms with E-state index in [1.807, 2.05) is 26.8 Å². The molecule has 0 aliphatic heterocycles. The number of nitrogens with zero attached hydrogens (tertiary/aromatic N) is 1. The van der Waals surface area contributed by atoms with Crippen molar-refractivity contribution in [2.45, 2.75) is 133 Å². The highest BCUT2D eigenvalue weighted by atomic mass is 16.5. The molecule has 220 valence electrons. The highest BCUT2D eigenvalue weighted by molar-refractivity contribution is 6.04. The molecule has 7 atom stereocenters. The molecule has 3 aliphatic rings. The van der Waals surface area contributed by atoms with Gasteiger partial charge in [-0.15, -0.1) is 0 Å². The maximum Gasteiger partial charge on any atom is 0.311 e. The second kappa shape index (κ2) is 10.6. The largest absolute Gasteiger partial charge is 0.469 e. The van der Waals surface area contributed by atoms with Crippen molar-refractivity contribution in [3.05, 3.63) is 11.6 Å². The van der Waals surface area contributed by atoms with Crippen LogP contribution in [0.3, 0.4) is 0 Å². The predicted octanol–water partition coefficient (Wildman–Crippen LogP) is 7.81. The Hall–Kier alpha value is -1.67. The second-order valence-electron chi connectivity index (χ2n) is 15.9. The summed E-state index contributed by atoms with van der Waals surface area (Å²) in [4.78, 5) is 26.4. The van der Waals surface area contributed by atoms with E-state index in [-0.39, 0.29) is 45.4 Å². The van der Waals surface area contributed by atoms with Crippen LogP contribution in [0.25, 0.3) is 0 Å². The zero-order chi connectivity index (χ0) is 29.7. The van der Waals surface area contributed by atoms with Gasteiger partial charge in [-0.2, -0.15) is 5.26 Å². The highest BCUT2D eigenvalue weighted by Crippen LogP contribution is 2.69. The van der Waals surface area contributed by atoms with Gasteiger partial charge in [-0.3, -0.25) is 9.59 Å². The zero-order valence-corrected chi connectivity index (χ0v) is 26.5. The van der Waals surface area contributed by atoms with Crippen LogP contribution in [0, 0.1) is 55.7 Å². The van der Waals surface area contributed by atoms with E-state index in [1.165, 1.54) is 7.11 Å². The number of carbonyl (C=O) groups is 2. The van der Waals surface area contributed by atoms with Crippen LogP contribution in [0.2, 0.25) is 0 Å². The van der Waals surface area contributed by atoms with Crippen LogP contribution >= 0.6 is 0 Å². The van der Waals surface area contributed by atoms with Gasteiger partial charge in [0.05, 0.1) is 24.2 Å². The van der Waals surface area contributed by atoms with E-state index in [9.17, 15) is 20.0 Å². The van der Waals surface area contributed by atoms with E-state index in [1.54, 1.807) is 0 Å². The number of fused-ring (bicyclic) bond motifs is 1. The van der Waals surface area contributed by atoms with Crippen molar-refractivity contribution >= 4 is 11.8 Å². The van der Waals surface area contributed by atoms with E-state index in [4.69, 9.17) is 4.74 Å². The Bertz CT molecular complexity index is 1030. The van der Waals surface area contributed by atoms with Gasteiger partial charge in [-0.1, -0.05) is 61.0 Å². The Morgan fingerprint density at radius 3 is 2.21 bits per heavy atom. The smallest absolute Gasteiger partial charge is 0.311 e. The molecule has 0 bridgehead atoms. The van der Waals surface area contributed by atoms with Gasteiger partial charge in [0.2, 0.25) is 0 Å². The standard InChI is InChI=1S/C34H55NO4/c1-23(36)20-26-33(8)21-24(22-35)27(37)30(4,5)25(33)12-15-34(26,9)32(7)14-11-13-29(2,3)16-17-31(6,18-19-32)28(38)39-10/h21,23,25-26,36H,11-20H2,1-10H3/t23-,25-,26+,31-,32-,33-,34+/m0/s1. The molecule has 5 heteroatoms. The molecule has 0 aromatic rings. The first-order valence-electron chi connectivity index (χ1n) is 15.3. The number of rotatable bonds is 4. The van der Waals surface area contributed by atoms with Crippen LogP contribution in [-0.4, -0.2) is 30.1 Å². The van der Waals surface area contributed by atoms with Crippen LogP contribution in [0.4, 0.5) is 0 Å². The normalized spacial score (nSPS) is 41.4. The Morgan fingerprint density at radius 2 is 1.64 bits per heavy atom. The number of ketones is 1. The minimum atomic E-state index is -0.627. The number of allylic oxidation sites excluding steroid dienone is 2. The van der Waals surface area contributed by atoms with E-state index in [0.717, 1.165) is 57.8 Å². The topological polar surface area (TPSA) is 87.4 Å². The minimum Gasteiger partial charge on any atom is -0.469 e. The summed E-state index contributed by atoms with van der Waals surface area (Å²) in [5.74, 6) is 0.0307. The molecule has 39 heavy (non-hydrogen) atoms. The van der Waals surface area contributed by atoms with Gasteiger partial charge in [0.25, 0.3) is 0 Å². The molecule has 1 N–H and O–H groups in total. The van der Waals surface area contributed by atoms with Crippen molar-refractivity contribution in [1.82, 2.24) is 0 Å². The van der Waals surface area contributed by atoms with Crippen molar-refractivity contribution in [2.24, 2.45) is 44.3 Å². The lowest BCUT2D eigenvalue weighted by Crippen LogP contribution is -2.60. The Morgan fingerprint density at radius 1 is 1.03 bits per heavy atom. The van der Waals surface area contributed by atoms with Crippen molar-refractivity contribution < 1.29 is 19.4 Å². The summed E-state index contributed by atoms with van der Waals surface area (Å²) in [5, 5.41) is 20.8. The number of aliphatic hydroxyl groups excluding tert-OH is 1. The van der Waals surface area contributed by atoms with Crippen molar-refractivity contribution in [1.29, 1.82) is 5.26 Å². The van der Waals surface area contributed by atoms with E-state index in [2.05, 4.69) is 47.6 Å². The highest BCUT2D eigenvalue weighted by Gasteiger charge is 2.64. The van der Waals surface area contributed by atoms with Crippen LogP contribution in [-0.2, 0) is 14.3 Å². The van der Waals surface area contributed by atoms with E-state index >= 15 is 0 Å². The first kappa shape index (κ1) is 31.9. The molecule has 0 aromatic heterocycles. The molecular weight excluding hydrogens is 486 g/mol. The average molecular weight is 542 g/mol. The number of hydrogen-bond acceptors (Lipinski definition) is 5. The Labute approximate surface area is 238 Å². The molecule has 0 radical (unpaired) electrons. The minimum absolute atomic E-state index is 0.0483. The molecule has 3 rings (SSSR count). The summed E-state index contributed by atoms with van der Waals surface area (Å²) in [6, 6.07) is 2.23. The van der Waals surface area contributed by atoms with E-state index in [0.29, 0.717) is 6.42 Å². The summed E-state index contributed by atoms with van der Waals surface area (Å²) < 4.78 is 5.34. The third kappa shape index (κ3) is 5.49. The summed E-state index contributed by atoms with van der Waals surface area (Å²) >= 11 is 0. The summed E-state index contributed by atoms with van der Waals surface area (Å²) in [6.45, 7) is 19.7. The fourth-order valence-electron chi connectivity index (χ4n) is 9.26. The molecule has 0 amide bonds. The number of nitriles is 1. The first-order chi connectivity index (χ1) is 17.8. The lowest BCUT2D eigenvalue weighted by Gasteiger charge is -2.65. The summed E-state index contributed by atoms with van der Waals surface area (Å²) in [6.07, 6.45) is 10.8. The van der Waals surface area contributed by atoms with Gasteiger partial charge in [0.15, 0.2) is 5.78 Å². The van der Waals surface area contributed by atoms with Crippen LogP contribution in [0.5, 0.6) is 0 Å².